The molecule has 0 radical (unpaired) electrons. The van der Waals surface area contributed by atoms with Crippen molar-refractivity contribution in [1.29, 1.82) is 0 Å². The molecule has 0 N–H and O–H groups in total. The van der Waals surface area contributed by atoms with Crippen LogP contribution in [0, 0.1) is 0 Å². The molecule has 6 heteroatoms. The summed E-state index contributed by atoms with van der Waals surface area (Å²) in [5, 5.41) is 0. The minimum Gasteiger partial charge on any atom is -0.462 e. The molecule has 0 aliphatic carbocycles. The van der Waals surface area contributed by atoms with E-state index in [2.05, 4.69) is 106 Å². The smallest absolute Gasteiger partial charge is 0.306 e. The summed E-state index contributed by atoms with van der Waals surface area (Å²) in [6, 6.07) is 0. The van der Waals surface area contributed by atoms with E-state index in [0.717, 1.165) is 128 Å². The third-order valence-corrected chi connectivity index (χ3v) is 10.4. The van der Waals surface area contributed by atoms with Crippen LogP contribution in [0.4, 0.5) is 0 Å². The Kier molecular flexibility index (Phi) is 46.5. The predicted octanol–water partition coefficient (Wildman–Crippen LogP) is 16.4. The zero-order valence-electron chi connectivity index (χ0n) is 39.7. The number of carbonyl (C=O) groups excluding carboxylic acids is 3. The van der Waals surface area contributed by atoms with Crippen LogP contribution in [0.15, 0.2) is 85.1 Å². The lowest BCUT2D eigenvalue weighted by Gasteiger charge is -2.18. The van der Waals surface area contributed by atoms with Crippen LogP contribution in [0.5, 0.6) is 0 Å². The van der Waals surface area contributed by atoms with Gasteiger partial charge in [-0.05, 0) is 96.3 Å². The van der Waals surface area contributed by atoms with Crippen molar-refractivity contribution in [2.45, 2.75) is 232 Å². The maximum absolute atomic E-state index is 12.7. The van der Waals surface area contributed by atoms with Crippen molar-refractivity contribution in [1.82, 2.24) is 0 Å². The highest BCUT2D eigenvalue weighted by molar-refractivity contribution is 5.71. The van der Waals surface area contributed by atoms with Gasteiger partial charge in [-0.1, -0.05) is 196 Å². The Hall–Kier alpha value is -3.41. The van der Waals surface area contributed by atoms with E-state index in [1.807, 2.05) is 0 Å². The second-order valence-corrected chi connectivity index (χ2v) is 16.3. The molecule has 0 spiro atoms. The van der Waals surface area contributed by atoms with Gasteiger partial charge in [0, 0.05) is 19.3 Å². The Morgan fingerprint density at radius 1 is 0.344 bits per heavy atom. The van der Waals surface area contributed by atoms with E-state index in [0.29, 0.717) is 19.3 Å². The Labute approximate surface area is 375 Å². The van der Waals surface area contributed by atoms with Crippen LogP contribution in [0.25, 0.3) is 0 Å². The normalized spacial score (nSPS) is 12.8. The van der Waals surface area contributed by atoms with Crippen molar-refractivity contribution in [3.63, 3.8) is 0 Å². The fourth-order valence-electron chi connectivity index (χ4n) is 6.61. The molecule has 0 aromatic rings. The molecule has 0 aliphatic rings. The summed E-state index contributed by atoms with van der Waals surface area (Å²) < 4.78 is 16.6. The number of hydrogen-bond donors (Lipinski definition) is 0. The molecule has 0 bridgehead atoms. The first kappa shape index (κ1) is 57.6. The second kappa shape index (κ2) is 49.2. The van der Waals surface area contributed by atoms with E-state index in [4.69, 9.17) is 14.2 Å². The van der Waals surface area contributed by atoms with Crippen LogP contribution in [-0.2, 0) is 28.6 Å². The molecular weight excluding hydrogens is 757 g/mol. The van der Waals surface area contributed by atoms with Gasteiger partial charge in [-0.3, -0.25) is 14.4 Å². The van der Waals surface area contributed by atoms with E-state index in [9.17, 15) is 14.4 Å². The maximum Gasteiger partial charge on any atom is 0.306 e. The van der Waals surface area contributed by atoms with Gasteiger partial charge in [0.1, 0.15) is 13.2 Å². The first-order valence-electron chi connectivity index (χ1n) is 25.1. The van der Waals surface area contributed by atoms with Crippen LogP contribution in [-0.4, -0.2) is 37.2 Å². The second-order valence-electron chi connectivity index (χ2n) is 16.3. The molecule has 1 atom stereocenters. The number of carbonyl (C=O) groups is 3. The molecule has 0 aliphatic heterocycles. The van der Waals surface area contributed by atoms with E-state index in [1.54, 1.807) is 0 Å². The van der Waals surface area contributed by atoms with Gasteiger partial charge < -0.3 is 14.2 Å². The molecule has 0 aromatic heterocycles. The standard InChI is InChI=1S/C55H92O6/c1-4-7-10-13-15-17-19-21-22-23-24-25-26-27-28-29-30-31-32-34-35-37-39-42-45-48-54(57)60-51-52(50-59-53(56)47-44-41-12-9-6-3)61-55(58)49-46-43-40-38-36-33-20-18-16-14-11-8-5-2/h7,10,15,17-18,20-22,24-25,27-28,30-31,52H,4-6,8-9,11-14,16,19,23,26,29,32-51H2,1-3H3/b10-7-,17-15-,20-18-,22-21-,25-24-,28-27-,31-30-. The number of hydrogen-bond acceptors (Lipinski definition) is 6. The predicted molar refractivity (Wildman–Crippen MR) is 261 cm³/mol. The van der Waals surface area contributed by atoms with E-state index < -0.39 is 6.10 Å². The van der Waals surface area contributed by atoms with Crippen molar-refractivity contribution >= 4 is 17.9 Å². The number of esters is 3. The van der Waals surface area contributed by atoms with Gasteiger partial charge in [0.15, 0.2) is 6.10 Å². The molecular formula is C55H92O6. The van der Waals surface area contributed by atoms with Crippen LogP contribution in [0.3, 0.4) is 0 Å². The SMILES string of the molecule is CC/C=C\C/C=C\C/C=C\C/C=C\C/C=C\C/C=C\CCCCCCCCC(=O)OCC(COC(=O)CCCCCCC)OC(=O)CCCCCCC/C=C\CCCCCC. The number of ether oxygens (including phenoxy) is 3. The largest absolute Gasteiger partial charge is 0.462 e. The van der Waals surface area contributed by atoms with Gasteiger partial charge in [-0.2, -0.15) is 0 Å². The van der Waals surface area contributed by atoms with Crippen LogP contribution in [0.1, 0.15) is 226 Å². The number of rotatable bonds is 44. The number of allylic oxidation sites excluding steroid dienone is 14. The summed E-state index contributed by atoms with van der Waals surface area (Å²) in [5.41, 5.74) is 0. The van der Waals surface area contributed by atoms with E-state index in [-0.39, 0.29) is 31.1 Å². The Balaban J connectivity index is 4.18. The van der Waals surface area contributed by atoms with E-state index >= 15 is 0 Å². The zero-order chi connectivity index (χ0) is 44.4. The summed E-state index contributed by atoms with van der Waals surface area (Å²) in [4.78, 5) is 37.6. The van der Waals surface area contributed by atoms with Gasteiger partial charge in [-0.25, -0.2) is 0 Å². The average molecular weight is 849 g/mol. The van der Waals surface area contributed by atoms with Crippen LogP contribution in [0.2, 0.25) is 0 Å². The molecule has 0 rings (SSSR count). The van der Waals surface area contributed by atoms with Gasteiger partial charge in [0.25, 0.3) is 0 Å². The molecule has 0 saturated carbocycles. The molecule has 0 saturated heterocycles. The minimum atomic E-state index is -0.782. The third-order valence-electron chi connectivity index (χ3n) is 10.4. The van der Waals surface area contributed by atoms with Crippen molar-refractivity contribution < 1.29 is 28.6 Å². The van der Waals surface area contributed by atoms with E-state index in [1.165, 1.54) is 57.8 Å². The molecule has 0 aromatic carbocycles. The van der Waals surface area contributed by atoms with Crippen molar-refractivity contribution in [3.05, 3.63) is 85.1 Å². The van der Waals surface area contributed by atoms with Gasteiger partial charge >= 0.3 is 17.9 Å². The average Bonchev–Trinajstić information content (AvgIpc) is 3.26. The molecule has 1 unspecified atom stereocenters. The maximum atomic E-state index is 12.7. The minimum absolute atomic E-state index is 0.0858. The summed E-state index contributed by atoms with van der Waals surface area (Å²) in [6.45, 7) is 6.39. The third kappa shape index (κ3) is 47.5. The lowest BCUT2D eigenvalue weighted by atomic mass is 10.1. The monoisotopic (exact) mass is 849 g/mol. The molecule has 0 heterocycles. The molecule has 0 amide bonds. The lowest BCUT2D eigenvalue weighted by molar-refractivity contribution is -0.167. The Morgan fingerprint density at radius 2 is 0.639 bits per heavy atom. The van der Waals surface area contributed by atoms with Crippen molar-refractivity contribution in [2.24, 2.45) is 0 Å². The molecule has 0 fully saturated rings. The van der Waals surface area contributed by atoms with Gasteiger partial charge in [0.2, 0.25) is 0 Å². The fraction of sp³-hybridized carbons (Fsp3) is 0.691. The number of unbranched alkanes of at least 4 members (excludes halogenated alkanes) is 19. The highest BCUT2D eigenvalue weighted by Gasteiger charge is 2.19. The highest BCUT2D eigenvalue weighted by Crippen LogP contribution is 2.13. The van der Waals surface area contributed by atoms with Crippen molar-refractivity contribution in [2.75, 3.05) is 13.2 Å². The van der Waals surface area contributed by atoms with Crippen LogP contribution >= 0.6 is 0 Å². The van der Waals surface area contributed by atoms with Crippen molar-refractivity contribution in [3.8, 4) is 0 Å². The summed E-state index contributed by atoms with van der Waals surface area (Å²) in [7, 11) is 0. The first-order valence-corrected chi connectivity index (χ1v) is 25.1. The van der Waals surface area contributed by atoms with Crippen LogP contribution < -0.4 is 0 Å². The summed E-state index contributed by atoms with van der Waals surface area (Å²) in [5.74, 6) is -0.927. The Bertz CT molecular complexity index is 1200. The molecule has 6 nitrogen and oxygen atoms in total. The summed E-state index contributed by atoms with van der Waals surface area (Å²) >= 11 is 0. The van der Waals surface area contributed by atoms with Gasteiger partial charge in [0.05, 0.1) is 0 Å². The zero-order valence-corrected chi connectivity index (χ0v) is 39.7. The topological polar surface area (TPSA) is 78.9 Å². The van der Waals surface area contributed by atoms with Gasteiger partial charge in [-0.15, -0.1) is 0 Å². The summed E-state index contributed by atoms with van der Waals surface area (Å²) in [6.07, 6.45) is 63.2. The highest BCUT2D eigenvalue weighted by atomic mass is 16.6. The lowest BCUT2D eigenvalue weighted by Crippen LogP contribution is -2.30. The molecule has 61 heavy (non-hydrogen) atoms. The fourth-order valence-corrected chi connectivity index (χ4v) is 6.61. The Morgan fingerprint density at radius 3 is 1.03 bits per heavy atom. The quantitative estimate of drug-likeness (QED) is 0.0263. The first-order chi connectivity index (χ1) is 30.0. The molecule has 348 valence electrons.